The lowest BCUT2D eigenvalue weighted by molar-refractivity contribution is -0.137. The summed E-state index contributed by atoms with van der Waals surface area (Å²) in [7, 11) is 4.95. The number of benzene rings is 1. The quantitative estimate of drug-likeness (QED) is 0.704. The maximum atomic E-state index is 13.7. The highest BCUT2D eigenvalue weighted by molar-refractivity contribution is 5.90. The van der Waals surface area contributed by atoms with Gasteiger partial charge >= 0.3 is 0 Å². The van der Waals surface area contributed by atoms with Crippen molar-refractivity contribution in [3.05, 3.63) is 41.3 Å². The molecule has 3 aliphatic rings. The summed E-state index contributed by atoms with van der Waals surface area (Å²) in [6.07, 6.45) is 2.86. The molecule has 0 unspecified atom stereocenters. The van der Waals surface area contributed by atoms with Crippen LogP contribution in [-0.2, 0) is 11.3 Å². The lowest BCUT2D eigenvalue weighted by atomic mass is 9.85. The molecular weight excluding hydrogens is 396 g/mol. The van der Waals surface area contributed by atoms with E-state index in [1.165, 1.54) is 0 Å². The van der Waals surface area contributed by atoms with Crippen LogP contribution in [0, 0.1) is 12.8 Å². The van der Waals surface area contributed by atoms with Crippen LogP contribution in [0.15, 0.2) is 28.7 Å². The molecule has 0 saturated carbocycles. The van der Waals surface area contributed by atoms with E-state index in [-0.39, 0.29) is 11.9 Å². The molecule has 31 heavy (non-hydrogen) atoms. The second-order valence-corrected chi connectivity index (χ2v) is 8.82. The summed E-state index contributed by atoms with van der Waals surface area (Å²) < 4.78 is 22.5. The van der Waals surface area contributed by atoms with Crippen molar-refractivity contribution in [2.75, 3.05) is 34.4 Å². The van der Waals surface area contributed by atoms with Crippen molar-refractivity contribution in [3.63, 3.8) is 0 Å². The maximum absolute atomic E-state index is 13.7. The van der Waals surface area contributed by atoms with Gasteiger partial charge in [-0.25, -0.2) is 0 Å². The lowest BCUT2D eigenvalue weighted by Gasteiger charge is -2.34. The summed E-state index contributed by atoms with van der Waals surface area (Å²) in [6, 6.07) is 7.95. The fraction of sp³-hybridized carbons (Fsp3) is 0.542. The van der Waals surface area contributed by atoms with E-state index in [0.29, 0.717) is 24.0 Å². The van der Waals surface area contributed by atoms with Gasteiger partial charge in [-0.3, -0.25) is 9.69 Å². The van der Waals surface area contributed by atoms with E-state index < -0.39 is 5.54 Å². The first-order chi connectivity index (χ1) is 15.0. The van der Waals surface area contributed by atoms with Crippen LogP contribution >= 0.6 is 0 Å². The van der Waals surface area contributed by atoms with Gasteiger partial charge in [0.1, 0.15) is 22.8 Å². The first-order valence-corrected chi connectivity index (χ1v) is 10.9. The number of nitrogens with zero attached hydrogens (tertiary/aromatic N) is 2. The smallest absolute Gasteiger partial charge is 0.243 e. The van der Waals surface area contributed by atoms with Gasteiger partial charge < -0.3 is 23.5 Å². The minimum Gasteiger partial charge on any atom is -0.496 e. The molecule has 1 aromatic heterocycles. The van der Waals surface area contributed by atoms with Gasteiger partial charge in [-0.1, -0.05) is 0 Å². The van der Waals surface area contributed by atoms with Crippen molar-refractivity contribution < 1.29 is 23.4 Å². The Bertz CT molecular complexity index is 1000. The predicted molar refractivity (Wildman–Crippen MR) is 114 cm³/mol. The van der Waals surface area contributed by atoms with Crippen molar-refractivity contribution in [2.45, 2.75) is 44.3 Å². The Morgan fingerprint density at radius 1 is 1.10 bits per heavy atom. The molecule has 2 aromatic rings. The molecule has 3 saturated heterocycles. The number of carbonyl (C=O) groups excluding carboxylic acids is 1. The minimum atomic E-state index is -0.412. The van der Waals surface area contributed by atoms with E-state index >= 15 is 0 Å². The van der Waals surface area contributed by atoms with Gasteiger partial charge in [0.25, 0.3) is 0 Å². The summed E-state index contributed by atoms with van der Waals surface area (Å²) in [5, 5.41) is 0. The summed E-state index contributed by atoms with van der Waals surface area (Å²) in [6.45, 7) is 4.16. The summed E-state index contributed by atoms with van der Waals surface area (Å²) in [4.78, 5) is 18.1. The Hall–Kier alpha value is -2.67. The first-order valence-electron chi connectivity index (χ1n) is 10.9. The molecule has 3 atom stereocenters. The predicted octanol–water partition coefficient (Wildman–Crippen LogP) is 3.55. The molecule has 1 spiro atoms. The number of carbonyl (C=O) groups is 1. The van der Waals surface area contributed by atoms with Gasteiger partial charge in [-0.05, 0) is 50.9 Å². The molecule has 0 N–H and O–H groups in total. The minimum absolute atomic E-state index is 0.124. The Morgan fingerprint density at radius 2 is 1.84 bits per heavy atom. The van der Waals surface area contributed by atoms with E-state index in [2.05, 4.69) is 4.90 Å². The number of hydrogen-bond acceptors (Lipinski definition) is 6. The van der Waals surface area contributed by atoms with Gasteiger partial charge in [0.15, 0.2) is 11.5 Å². The molecule has 1 aromatic carbocycles. The van der Waals surface area contributed by atoms with E-state index in [0.717, 1.165) is 55.2 Å². The van der Waals surface area contributed by atoms with E-state index in [1.54, 1.807) is 21.3 Å². The molecule has 0 bridgehead atoms. The highest BCUT2D eigenvalue weighted by atomic mass is 16.5. The fourth-order valence-electron chi connectivity index (χ4n) is 6.08. The lowest BCUT2D eigenvalue weighted by Crippen LogP contribution is -2.49. The molecule has 5 rings (SSSR count). The summed E-state index contributed by atoms with van der Waals surface area (Å²) in [5.74, 6) is 4.37. The van der Waals surface area contributed by atoms with Gasteiger partial charge in [0, 0.05) is 30.1 Å². The molecular formula is C24H30N2O5. The topological polar surface area (TPSA) is 64.4 Å². The van der Waals surface area contributed by atoms with Crippen molar-refractivity contribution in [3.8, 4) is 17.2 Å². The molecule has 3 aliphatic heterocycles. The van der Waals surface area contributed by atoms with Crippen molar-refractivity contribution in [1.82, 2.24) is 9.80 Å². The van der Waals surface area contributed by atoms with Crippen molar-refractivity contribution >= 4 is 5.91 Å². The van der Waals surface area contributed by atoms with Gasteiger partial charge in [0.05, 0.1) is 27.9 Å². The molecule has 1 amide bonds. The van der Waals surface area contributed by atoms with E-state index in [1.807, 2.05) is 36.1 Å². The Kier molecular flexibility index (Phi) is 4.88. The van der Waals surface area contributed by atoms with E-state index in [4.69, 9.17) is 18.6 Å². The zero-order valence-electron chi connectivity index (χ0n) is 18.6. The van der Waals surface area contributed by atoms with Crippen LogP contribution in [-0.4, -0.2) is 55.7 Å². The van der Waals surface area contributed by atoms with Crippen molar-refractivity contribution in [1.29, 1.82) is 0 Å². The van der Waals surface area contributed by atoms with Crippen LogP contribution in [0.5, 0.6) is 17.2 Å². The second-order valence-electron chi connectivity index (χ2n) is 8.82. The van der Waals surface area contributed by atoms with Gasteiger partial charge in [-0.2, -0.15) is 0 Å². The number of furan rings is 1. The van der Waals surface area contributed by atoms with E-state index in [9.17, 15) is 4.79 Å². The number of rotatable bonds is 6. The number of ether oxygens (including phenoxy) is 3. The highest BCUT2D eigenvalue weighted by Gasteiger charge is 2.65. The Balaban J connectivity index is 1.47. The third kappa shape index (κ3) is 2.93. The molecule has 0 radical (unpaired) electrons. The number of methoxy groups -OCH3 is 3. The van der Waals surface area contributed by atoms with Crippen LogP contribution in [0.2, 0.25) is 0 Å². The zero-order chi connectivity index (χ0) is 21.8. The molecule has 166 valence electrons. The van der Waals surface area contributed by atoms with Crippen LogP contribution in [0.25, 0.3) is 0 Å². The van der Waals surface area contributed by atoms with Crippen LogP contribution in [0.4, 0.5) is 0 Å². The molecule has 7 nitrogen and oxygen atoms in total. The fourth-order valence-corrected chi connectivity index (χ4v) is 6.08. The number of amides is 1. The number of likely N-dealkylation sites (tertiary alicyclic amines) is 1. The maximum Gasteiger partial charge on any atom is 0.243 e. The third-order valence-corrected chi connectivity index (χ3v) is 7.36. The van der Waals surface area contributed by atoms with Crippen molar-refractivity contribution in [2.24, 2.45) is 5.92 Å². The second kappa shape index (κ2) is 7.48. The first kappa shape index (κ1) is 20.2. The molecule has 0 aliphatic carbocycles. The standard InChI is InChI=1S/C24H30N2O5/c1-15-6-7-17(31-15)14-25-13-16-10-19(26-9-5-8-24(16,26)23(25)27)18-11-21(29-3)22(30-4)12-20(18)28-2/h6-7,11-12,16,19H,5,8-10,13-14H2,1-4H3/t16-,19-,24-/m0/s1. The number of hydrogen-bond donors (Lipinski definition) is 0. The average molecular weight is 427 g/mol. The SMILES string of the molecule is COc1cc(OC)c([C@@H]2C[C@H]3CN(Cc4ccc(C)o4)C(=O)[C@]34CCCN24)cc1OC. The van der Waals surface area contributed by atoms with Crippen LogP contribution < -0.4 is 14.2 Å². The normalized spacial score (nSPS) is 27.5. The highest BCUT2D eigenvalue weighted by Crippen LogP contribution is 2.57. The average Bonchev–Trinajstić information content (AvgIpc) is 3.51. The molecule has 4 heterocycles. The Labute approximate surface area is 182 Å². The zero-order valence-corrected chi connectivity index (χ0v) is 18.6. The monoisotopic (exact) mass is 426 g/mol. The third-order valence-electron chi connectivity index (χ3n) is 7.36. The van der Waals surface area contributed by atoms with Crippen LogP contribution in [0.1, 0.15) is 42.4 Å². The molecule has 7 heteroatoms. The van der Waals surface area contributed by atoms with Gasteiger partial charge in [0.2, 0.25) is 5.91 Å². The van der Waals surface area contributed by atoms with Crippen LogP contribution in [0.3, 0.4) is 0 Å². The summed E-state index contributed by atoms with van der Waals surface area (Å²) >= 11 is 0. The summed E-state index contributed by atoms with van der Waals surface area (Å²) in [5.41, 5.74) is 0.654. The van der Waals surface area contributed by atoms with Gasteiger partial charge in [-0.15, -0.1) is 0 Å². The largest absolute Gasteiger partial charge is 0.496 e. The number of aryl methyl sites for hydroxylation is 1. The Morgan fingerprint density at radius 3 is 2.52 bits per heavy atom. The molecule has 3 fully saturated rings.